The maximum Gasteiger partial charge on any atom is 0.320 e. The van der Waals surface area contributed by atoms with Gasteiger partial charge in [0, 0.05) is 37.0 Å². The van der Waals surface area contributed by atoms with Crippen LogP contribution in [0.1, 0.15) is 6.92 Å². The Bertz CT molecular complexity index is 648. The normalized spacial score (nSPS) is 17.9. The first-order valence-corrected chi connectivity index (χ1v) is 7.09. The lowest BCUT2D eigenvalue weighted by Crippen LogP contribution is -2.52. The highest BCUT2D eigenvalue weighted by molar-refractivity contribution is 5.91. The number of carboxylic acids is 1. The van der Waals surface area contributed by atoms with Crippen molar-refractivity contribution in [3.8, 4) is 0 Å². The Kier molecular flexibility index (Phi) is 3.70. The number of rotatable bonds is 3. The molecule has 1 aromatic carbocycles. The highest BCUT2D eigenvalue weighted by Crippen LogP contribution is 2.24. The molecule has 1 aliphatic heterocycles. The molecule has 21 heavy (non-hydrogen) atoms. The summed E-state index contributed by atoms with van der Waals surface area (Å²) in [4.78, 5) is 15.2. The second-order valence-electron chi connectivity index (χ2n) is 5.29. The van der Waals surface area contributed by atoms with E-state index in [4.69, 9.17) is 5.11 Å². The van der Waals surface area contributed by atoms with E-state index in [2.05, 4.69) is 15.1 Å². The van der Waals surface area contributed by atoms with Gasteiger partial charge in [-0.05, 0) is 6.92 Å². The topological polar surface area (TPSA) is 69.6 Å². The van der Waals surface area contributed by atoms with Crippen LogP contribution in [0.3, 0.4) is 0 Å². The molecule has 1 atom stereocenters. The molecule has 0 amide bonds. The summed E-state index contributed by atoms with van der Waals surface area (Å²) in [6, 6.07) is 7.61. The van der Waals surface area contributed by atoms with Crippen molar-refractivity contribution in [3.63, 3.8) is 0 Å². The lowest BCUT2D eigenvalue weighted by molar-refractivity contribution is -0.142. The highest BCUT2D eigenvalue weighted by Gasteiger charge is 2.26. The third-order valence-electron chi connectivity index (χ3n) is 4.07. The number of hydrogen-bond acceptors (Lipinski definition) is 5. The molecule has 1 saturated heterocycles. The van der Waals surface area contributed by atoms with Crippen molar-refractivity contribution in [2.24, 2.45) is 0 Å². The molecule has 0 bridgehead atoms. The molecule has 6 nitrogen and oxygen atoms in total. The molecule has 1 aromatic heterocycles. The zero-order valence-electron chi connectivity index (χ0n) is 11.9. The molecule has 1 N–H and O–H groups in total. The van der Waals surface area contributed by atoms with Gasteiger partial charge >= 0.3 is 5.97 Å². The number of aromatic nitrogens is 2. The average Bonchev–Trinajstić information content (AvgIpc) is 2.53. The van der Waals surface area contributed by atoms with E-state index in [1.165, 1.54) is 0 Å². The first kappa shape index (κ1) is 13.8. The maximum atomic E-state index is 11.0. The molecule has 0 saturated carbocycles. The molecule has 1 fully saturated rings. The van der Waals surface area contributed by atoms with Crippen molar-refractivity contribution in [1.29, 1.82) is 0 Å². The number of fused-ring (bicyclic) bond motifs is 1. The Balaban J connectivity index is 1.79. The molecule has 0 radical (unpaired) electrons. The van der Waals surface area contributed by atoms with Gasteiger partial charge in [-0.2, -0.15) is 5.10 Å². The third-order valence-corrected chi connectivity index (χ3v) is 4.07. The predicted molar refractivity (Wildman–Crippen MR) is 80.4 cm³/mol. The van der Waals surface area contributed by atoms with E-state index in [-0.39, 0.29) is 0 Å². The van der Waals surface area contributed by atoms with Crippen LogP contribution in [0.4, 0.5) is 5.82 Å². The van der Waals surface area contributed by atoms with Crippen LogP contribution in [0.2, 0.25) is 0 Å². The Morgan fingerprint density at radius 1 is 1.24 bits per heavy atom. The molecule has 0 spiro atoms. The number of benzene rings is 1. The maximum absolute atomic E-state index is 11.0. The standard InChI is InChI=1S/C15H18N4O2/c1-11(15(20)21)18-6-8-19(9-7-18)14-13-5-3-2-4-12(13)10-16-17-14/h2-5,10-11H,6-9H2,1H3,(H,20,21). The lowest BCUT2D eigenvalue weighted by atomic mass is 10.1. The molecule has 2 aromatic rings. The number of carboxylic acid groups (broad SMARTS) is 1. The zero-order chi connectivity index (χ0) is 14.8. The summed E-state index contributed by atoms with van der Waals surface area (Å²) in [5.41, 5.74) is 0. The number of aliphatic carboxylic acids is 1. The molecule has 110 valence electrons. The summed E-state index contributed by atoms with van der Waals surface area (Å²) in [5, 5.41) is 19.6. The van der Waals surface area contributed by atoms with Crippen molar-refractivity contribution < 1.29 is 9.90 Å². The van der Waals surface area contributed by atoms with E-state index in [0.29, 0.717) is 0 Å². The van der Waals surface area contributed by atoms with E-state index in [0.717, 1.165) is 42.8 Å². The van der Waals surface area contributed by atoms with Crippen molar-refractivity contribution in [2.45, 2.75) is 13.0 Å². The van der Waals surface area contributed by atoms with E-state index in [1.54, 1.807) is 13.1 Å². The third kappa shape index (κ3) is 2.67. The van der Waals surface area contributed by atoms with Gasteiger partial charge in [-0.15, -0.1) is 5.10 Å². The molecule has 2 heterocycles. The van der Waals surface area contributed by atoms with Crippen LogP contribution in [0.25, 0.3) is 10.8 Å². The average molecular weight is 286 g/mol. The van der Waals surface area contributed by atoms with Crippen LogP contribution in [-0.4, -0.2) is 58.4 Å². The van der Waals surface area contributed by atoms with Gasteiger partial charge in [-0.1, -0.05) is 24.3 Å². The number of hydrogen-bond donors (Lipinski definition) is 1. The van der Waals surface area contributed by atoms with Crippen LogP contribution >= 0.6 is 0 Å². The van der Waals surface area contributed by atoms with Crippen molar-refractivity contribution in [1.82, 2.24) is 15.1 Å². The first-order chi connectivity index (χ1) is 10.2. The van der Waals surface area contributed by atoms with E-state index in [1.807, 2.05) is 29.2 Å². The lowest BCUT2D eigenvalue weighted by Gasteiger charge is -2.37. The summed E-state index contributed by atoms with van der Waals surface area (Å²) in [6.07, 6.45) is 1.77. The van der Waals surface area contributed by atoms with Gasteiger partial charge in [-0.3, -0.25) is 9.69 Å². The smallest absolute Gasteiger partial charge is 0.320 e. The fourth-order valence-corrected chi connectivity index (χ4v) is 2.72. The van der Waals surface area contributed by atoms with Crippen LogP contribution in [0, 0.1) is 0 Å². The molecule has 6 heteroatoms. The van der Waals surface area contributed by atoms with E-state index >= 15 is 0 Å². The van der Waals surface area contributed by atoms with Crippen molar-refractivity contribution in [2.75, 3.05) is 31.1 Å². The fraction of sp³-hybridized carbons (Fsp3) is 0.400. The van der Waals surface area contributed by atoms with Gasteiger partial charge in [-0.25, -0.2) is 0 Å². The van der Waals surface area contributed by atoms with Crippen LogP contribution < -0.4 is 4.90 Å². The molecular weight excluding hydrogens is 268 g/mol. The Labute approximate surface area is 123 Å². The molecule has 1 unspecified atom stereocenters. The Morgan fingerprint density at radius 2 is 1.95 bits per heavy atom. The fourth-order valence-electron chi connectivity index (χ4n) is 2.72. The summed E-state index contributed by atoms with van der Waals surface area (Å²) < 4.78 is 0. The number of anilines is 1. The molecule has 3 rings (SSSR count). The predicted octanol–water partition coefficient (Wildman–Crippen LogP) is 1.22. The minimum absolute atomic E-state index is 0.439. The largest absolute Gasteiger partial charge is 0.480 e. The van der Waals surface area contributed by atoms with Gasteiger partial charge in [0.05, 0.1) is 6.20 Å². The highest BCUT2D eigenvalue weighted by atomic mass is 16.4. The monoisotopic (exact) mass is 286 g/mol. The summed E-state index contributed by atoms with van der Waals surface area (Å²) in [6.45, 7) is 4.70. The van der Waals surface area contributed by atoms with Gasteiger partial charge in [0.1, 0.15) is 6.04 Å². The number of piperazine rings is 1. The van der Waals surface area contributed by atoms with E-state index < -0.39 is 12.0 Å². The van der Waals surface area contributed by atoms with Gasteiger partial charge < -0.3 is 10.0 Å². The SMILES string of the molecule is CC(C(=O)O)N1CCN(c2nncc3ccccc23)CC1. The summed E-state index contributed by atoms with van der Waals surface area (Å²) in [5.74, 6) is 0.115. The van der Waals surface area contributed by atoms with E-state index in [9.17, 15) is 4.79 Å². The van der Waals surface area contributed by atoms with Gasteiger partial charge in [0.15, 0.2) is 5.82 Å². The van der Waals surface area contributed by atoms with Crippen LogP contribution in [-0.2, 0) is 4.79 Å². The van der Waals surface area contributed by atoms with Crippen LogP contribution in [0.15, 0.2) is 30.5 Å². The first-order valence-electron chi connectivity index (χ1n) is 7.09. The van der Waals surface area contributed by atoms with Gasteiger partial charge in [0.2, 0.25) is 0 Å². The Morgan fingerprint density at radius 3 is 2.67 bits per heavy atom. The summed E-state index contributed by atoms with van der Waals surface area (Å²) in [7, 11) is 0. The second-order valence-corrected chi connectivity index (χ2v) is 5.29. The number of carbonyl (C=O) groups is 1. The quantitative estimate of drug-likeness (QED) is 0.915. The van der Waals surface area contributed by atoms with Crippen molar-refractivity contribution >= 4 is 22.6 Å². The minimum atomic E-state index is -0.770. The molecule has 1 aliphatic rings. The van der Waals surface area contributed by atoms with Gasteiger partial charge in [0.25, 0.3) is 0 Å². The number of nitrogens with zero attached hydrogens (tertiary/aromatic N) is 4. The molecular formula is C15H18N4O2. The molecule has 0 aliphatic carbocycles. The van der Waals surface area contributed by atoms with Crippen LogP contribution in [0.5, 0.6) is 0 Å². The minimum Gasteiger partial charge on any atom is -0.480 e. The second kappa shape index (κ2) is 5.65. The van der Waals surface area contributed by atoms with Crippen molar-refractivity contribution in [3.05, 3.63) is 30.5 Å². The zero-order valence-corrected chi connectivity index (χ0v) is 11.9. The summed E-state index contributed by atoms with van der Waals surface area (Å²) >= 11 is 0. The Hall–Kier alpha value is -2.21.